The quantitative estimate of drug-likeness (QED) is 0.880. The number of nitrogens with zero attached hydrogens (tertiary/aromatic N) is 1. The average Bonchev–Trinajstić information content (AvgIpc) is 2.97. The summed E-state index contributed by atoms with van der Waals surface area (Å²) in [6.07, 6.45) is 0.220. The molecule has 1 aromatic carbocycles. The highest BCUT2D eigenvalue weighted by atomic mass is 16.6. The molecule has 136 valence electrons. The van der Waals surface area contributed by atoms with Crippen molar-refractivity contribution in [2.75, 3.05) is 23.7 Å². The number of ether oxygens (including phenoxy) is 1. The molecular weight excluding hydrogens is 322 g/mol. The Morgan fingerprint density at radius 2 is 1.64 bits per heavy atom. The first-order valence-electron chi connectivity index (χ1n) is 8.30. The van der Waals surface area contributed by atoms with Crippen LogP contribution >= 0.6 is 0 Å². The number of carbonyl (C=O) groups is 3. The highest BCUT2D eigenvalue weighted by Gasteiger charge is 2.33. The number of rotatable bonds is 3. The summed E-state index contributed by atoms with van der Waals surface area (Å²) in [6, 6.07) is 6.89. The number of hydrogen-bond acceptors (Lipinski definition) is 4. The van der Waals surface area contributed by atoms with Gasteiger partial charge >= 0.3 is 6.09 Å². The van der Waals surface area contributed by atoms with Crippen LogP contribution in [0.15, 0.2) is 24.3 Å². The van der Waals surface area contributed by atoms with Crippen molar-refractivity contribution < 1.29 is 19.1 Å². The molecule has 1 atom stereocenters. The molecule has 7 heteroatoms. The van der Waals surface area contributed by atoms with E-state index < -0.39 is 5.60 Å². The van der Waals surface area contributed by atoms with Gasteiger partial charge < -0.3 is 20.3 Å². The van der Waals surface area contributed by atoms with Gasteiger partial charge in [0.15, 0.2) is 0 Å². The van der Waals surface area contributed by atoms with Crippen molar-refractivity contribution in [2.45, 2.75) is 39.7 Å². The minimum Gasteiger partial charge on any atom is -0.444 e. The monoisotopic (exact) mass is 347 g/mol. The molecule has 0 aliphatic carbocycles. The van der Waals surface area contributed by atoms with Gasteiger partial charge in [-0.1, -0.05) is 0 Å². The molecule has 1 aliphatic rings. The number of benzene rings is 1. The molecule has 0 saturated carbocycles. The summed E-state index contributed by atoms with van der Waals surface area (Å²) in [4.78, 5) is 37.0. The molecule has 0 bridgehead atoms. The molecule has 0 radical (unpaired) electrons. The number of hydrogen-bond donors (Lipinski definition) is 2. The Hall–Kier alpha value is -2.57. The van der Waals surface area contributed by atoms with Crippen molar-refractivity contribution in [3.8, 4) is 0 Å². The summed E-state index contributed by atoms with van der Waals surface area (Å²) in [7, 11) is 0. The number of nitrogens with one attached hydrogen (secondary N) is 2. The van der Waals surface area contributed by atoms with Crippen molar-refractivity contribution in [2.24, 2.45) is 5.92 Å². The summed E-state index contributed by atoms with van der Waals surface area (Å²) in [5, 5.41) is 5.51. The summed E-state index contributed by atoms with van der Waals surface area (Å²) >= 11 is 0. The van der Waals surface area contributed by atoms with E-state index in [1.54, 1.807) is 29.2 Å². The second kappa shape index (κ2) is 7.55. The van der Waals surface area contributed by atoms with Gasteiger partial charge in [0.05, 0.1) is 5.92 Å². The van der Waals surface area contributed by atoms with Gasteiger partial charge in [-0.05, 0) is 51.5 Å². The lowest BCUT2D eigenvalue weighted by atomic mass is 10.1. The predicted octanol–water partition coefficient (Wildman–Crippen LogP) is 2.84. The first kappa shape index (κ1) is 18.8. The van der Waals surface area contributed by atoms with Gasteiger partial charge in [-0.25, -0.2) is 4.79 Å². The predicted molar refractivity (Wildman–Crippen MR) is 95.3 cm³/mol. The minimum absolute atomic E-state index is 0.127. The van der Waals surface area contributed by atoms with Gasteiger partial charge in [0.2, 0.25) is 11.8 Å². The molecule has 3 amide bonds. The summed E-state index contributed by atoms with van der Waals surface area (Å²) in [5.41, 5.74) is 0.768. The molecule has 0 spiro atoms. The van der Waals surface area contributed by atoms with E-state index in [1.165, 1.54) is 6.92 Å². The SMILES string of the molecule is CC(=O)Nc1ccc(NC(=O)[C@@H]2CCN(C(=O)OC(C)(C)C)C2)cc1. The van der Waals surface area contributed by atoms with Gasteiger partial charge in [-0.2, -0.15) is 0 Å². The van der Waals surface area contributed by atoms with Crippen LogP contribution in [0.25, 0.3) is 0 Å². The maximum Gasteiger partial charge on any atom is 0.410 e. The van der Waals surface area contributed by atoms with Gasteiger partial charge in [0.25, 0.3) is 0 Å². The lowest BCUT2D eigenvalue weighted by Gasteiger charge is -2.24. The lowest BCUT2D eigenvalue weighted by molar-refractivity contribution is -0.119. The van der Waals surface area contributed by atoms with Crippen molar-refractivity contribution in [1.82, 2.24) is 4.90 Å². The van der Waals surface area contributed by atoms with Crippen LogP contribution in [0.5, 0.6) is 0 Å². The van der Waals surface area contributed by atoms with E-state index in [-0.39, 0.29) is 23.8 Å². The third kappa shape index (κ3) is 5.77. The Morgan fingerprint density at radius 1 is 1.08 bits per heavy atom. The van der Waals surface area contributed by atoms with Crippen LogP contribution < -0.4 is 10.6 Å². The van der Waals surface area contributed by atoms with Gasteiger partial charge in [0, 0.05) is 31.4 Å². The molecule has 1 aromatic rings. The molecule has 2 N–H and O–H groups in total. The summed E-state index contributed by atoms with van der Waals surface area (Å²) in [6.45, 7) is 7.74. The molecular formula is C18H25N3O4. The van der Waals surface area contributed by atoms with Crippen molar-refractivity contribution in [1.29, 1.82) is 0 Å². The van der Waals surface area contributed by atoms with Crippen molar-refractivity contribution in [3.63, 3.8) is 0 Å². The van der Waals surface area contributed by atoms with Gasteiger partial charge in [-0.15, -0.1) is 0 Å². The first-order valence-corrected chi connectivity index (χ1v) is 8.30. The summed E-state index contributed by atoms with van der Waals surface area (Å²) in [5.74, 6) is -0.536. The maximum absolute atomic E-state index is 12.4. The molecule has 1 aliphatic heterocycles. The Morgan fingerprint density at radius 3 is 2.16 bits per heavy atom. The van der Waals surface area contributed by atoms with Crippen LogP contribution in [-0.2, 0) is 14.3 Å². The van der Waals surface area contributed by atoms with Crippen molar-refractivity contribution in [3.05, 3.63) is 24.3 Å². The second-order valence-electron chi connectivity index (χ2n) is 7.16. The van der Waals surface area contributed by atoms with Crippen LogP contribution in [0.3, 0.4) is 0 Å². The molecule has 2 rings (SSSR count). The summed E-state index contributed by atoms with van der Waals surface area (Å²) < 4.78 is 5.33. The molecule has 0 unspecified atom stereocenters. The Labute approximate surface area is 147 Å². The molecule has 1 saturated heterocycles. The standard InChI is InChI=1S/C18H25N3O4/c1-12(22)19-14-5-7-15(8-6-14)20-16(23)13-9-10-21(11-13)17(24)25-18(2,3)4/h5-8,13H,9-11H2,1-4H3,(H,19,22)(H,20,23)/t13-/m1/s1. The van der Waals surface area contributed by atoms with Crippen LogP contribution in [0, 0.1) is 5.92 Å². The minimum atomic E-state index is -0.549. The van der Waals surface area contributed by atoms with E-state index in [1.807, 2.05) is 20.8 Å². The fourth-order valence-electron chi connectivity index (χ4n) is 2.55. The fraction of sp³-hybridized carbons (Fsp3) is 0.500. The van der Waals surface area contributed by atoms with Crippen LogP contribution in [0.2, 0.25) is 0 Å². The zero-order valence-corrected chi connectivity index (χ0v) is 15.1. The van der Waals surface area contributed by atoms with Crippen LogP contribution in [0.4, 0.5) is 16.2 Å². The Balaban J connectivity index is 1.87. The van der Waals surface area contributed by atoms with Crippen molar-refractivity contribution >= 4 is 29.3 Å². The maximum atomic E-state index is 12.4. The second-order valence-corrected chi connectivity index (χ2v) is 7.16. The highest BCUT2D eigenvalue weighted by Crippen LogP contribution is 2.21. The Kier molecular flexibility index (Phi) is 5.66. The number of carbonyl (C=O) groups excluding carboxylic acids is 3. The number of likely N-dealkylation sites (tertiary alicyclic amines) is 1. The molecule has 1 heterocycles. The number of amides is 3. The smallest absolute Gasteiger partial charge is 0.410 e. The zero-order chi connectivity index (χ0) is 18.6. The highest BCUT2D eigenvalue weighted by molar-refractivity contribution is 5.94. The average molecular weight is 347 g/mol. The molecule has 25 heavy (non-hydrogen) atoms. The first-order chi connectivity index (χ1) is 11.6. The third-order valence-corrected chi connectivity index (χ3v) is 3.68. The van der Waals surface area contributed by atoms with Gasteiger partial charge in [0.1, 0.15) is 5.60 Å². The Bertz CT molecular complexity index is 649. The van der Waals surface area contributed by atoms with E-state index in [0.29, 0.717) is 30.9 Å². The lowest BCUT2D eigenvalue weighted by Crippen LogP contribution is -2.36. The molecule has 1 fully saturated rings. The van der Waals surface area contributed by atoms with E-state index in [0.717, 1.165) is 0 Å². The normalized spacial score (nSPS) is 17.1. The number of anilines is 2. The molecule has 0 aromatic heterocycles. The van der Waals surface area contributed by atoms with Gasteiger partial charge in [-0.3, -0.25) is 9.59 Å². The topological polar surface area (TPSA) is 87.7 Å². The van der Waals surface area contributed by atoms with E-state index in [2.05, 4.69) is 10.6 Å². The van der Waals surface area contributed by atoms with Crippen LogP contribution in [-0.4, -0.2) is 41.5 Å². The zero-order valence-electron chi connectivity index (χ0n) is 15.1. The van der Waals surface area contributed by atoms with E-state index >= 15 is 0 Å². The largest absolute Gasteiger partial charge is 0.444 e. The van der Waals surface area contributed by atoms with E-state index in [9.17, 15) is 14.4 Å². The fourth-order valence-corrected chi connectivity index (χ4v) is 2.55. The van der Waals surface area contributed by atoms with E-state index in [4.69, 9.17) is 4.74 Å². The van der Waals surface area contributed by atoms with Crippen LogP contribution in [0.1, 0.15) is 34.1 Å². The molecule has 7 nitrogen and oxygen atoms in total. The third-order valence-electron chi connectivity index (χ3n) is 3.68.